The van der Waals surface area contributed by atoms with Crippen LogP contribution in [0.2, 0.25) is 5.02 Å². The number of ether oxygens (including phenoxy) is 1. The Hall–Kier alpha value is -3.04. The van der Waals surface area contributed by atoms with E-state index in [1.165, 1.54) is 18.2 Å². The zero-order chi connectivity index (χ0) is 23.3. The Labute approximate surface area is 188 Å². The fourth-order valence-electron chi connectivity index (χ4n) is 3.01. The molecule has 0 saturated carbocycles. The van der Waals surface area contributed by atoms with Crippen LogP contribution >= 0.6 is 11.6 Å². The van der Waals surface area contributed by atoms with Crippen LogP contribution in [0.1, 0.15) is 17.5 Å². The summed E-state index contributed by atoms with van der Waals surface area (Å²) in [4.78, 5) is 8.86. The number of rotatable bonds is 8. The average Bonchev–Trinajstić information content (AvgIpc) is 2.73. The van der Waals surface area contributed by atoms with E-state index >= 15 is 0 Å². The number of hydrogen-bond acceptors (Lipinski definition) is 6. The van der Waals surface area contributed by atoms with Gasteiger partial charge in [0.15, 0.2) is 0 Å². The summed E-state index contributed by atoms with van der Waals surface area (Å²) in [7, 11) is 0. The third kappa shape index (κ3) is 6.24. The molecule has 3 N–H and O–H groups in total. The lowest BCUT2D eigenvalue weighted by atomic mass is 10.1. The van der Waals surface area contributed by atoms with E-state index in [0.717, 1.165) is 16.8 Å². The van der Waals surface area contributed by atoms with Gasteiger partial charge in [-0.1, -0.05) is 29.8 Å². The summed E-state index contributed by atoms with van der Waals surface area (Å²) in [5, 5.41) is 15.9. The highest BCUT2D eigenvalue weighted by Gasteiger charge is 2.31. The molecule has 0 fully saturated rings. The van der Waals surface area contributed by atoms with Crippen molar-refractivity contribution in [3.8, 4) is 17.0 Å². The summed E-state index contributed by atoms with van der Waals surface area (Å²) in [5.74, 6) is 0.342. The van der Waals surface area contributed by atoms with Crippen molar-refractivity contribution in [1.29, 1.82) is 0 Å². The lowest BCUT2D eigenvalue weighted by Crippen LogP contribution is -2.17. The van der Waals surface area contributed by atoms with Crippen molar-refractivity contribution in [2.75, 3.05) is 23.8 Å². The first-order chi connectivity index (χ1) is 15.2. The van der Waals surface area contributed by atoms with Crippen LogP contribution in [0.3, 0.4) is 0 Å². The predicted octanol–water partition coefficient (Wildman–Crippen LogP) is 5.85. The molecular weight excluding hydrogens is 445 g/mol. The summed E-state index contributed by atoms with van der Waals surface area (Å²) < 4.78 is 41.9. The first kappa shape index (κ1) is 23.6. The topological polar surface area (TPSA) is 79.3 Å². The van der Waals surface area contributed by atoms with Crippen molar-refractivity contribution in [2.24, 2.45) is 0 Å². The molecule has 32 heavy (non-hydrogen) atoms. The molecule has 0 unspecified atom stereocenters. The number of hydrogen-bond donors (Lipinski definition) is 3. The zero-order valence-electron chi connectivity index (χ0n) is 17.4. The highest BCUT2D eigenvalue weighted by molar-refractivity contribution is 6.31. The first-order valence-corrected chi connectivity index (χ1v) is 10.2. The van der Waals surface area contributed by atoms with E-state index in [9.17, 15) is 13.2 Å². The molecule has 0 aliphatic heterocycles. The number of alkyl halides is 3. The summed E-state index contributed by atoms with van der Waals surface area (Å²) in [6.45, 7) is 4.21. The second-order valence-electron chi connectivity index (χ2n) is 7.03. The molecular formula is C22H22ClF3N4O2. The quantitative estimate of drug-likeness (QED) is 0.361. The average molecular weight is 467 g/mol. The standard InChI is InChI=1S/C22H22ClF3N4O2/c1-13-7-8-17(23)14(2)20(13)29-19-12-18(28-21(30-19)27-9-4-10-31)15-5-3-6-16(11-15)32-22(24,25)26/h3,5-8,11-12,31H,4,9-10H2,1-2H3,(H2,27,28,29,30). The molecule has 2 aromatic carbocycles. The van der Waals surface area contributed by atoms with Gasteiger partial charge in [-0.3, -0.25) is 0 Å². The third-order valence-corrected chi connectivity index (χ3v) is 4.98. The fourth-order valence-corrected chi connectivity index (χ4v) is 3.17. The summed E-state index contributed by atoms with van der Waals surface area (Å²) >= 11 is 6.25. The molecule has 170 valence electrons. The van der Waals surface area contributed by atoms with Gasteiger partial charge in [0.05, 0.1) is 5.69 Å². The molecule has 3 rings (SSSR count). The molecule has 10 heteroatoms. The maximum absolute atomic E-state index is 12.6. The molecule has 0 spiro atoms. The Morgan fingerprint density at radius 3 is 2.59 bits per heavy atom. The number of benzene rings is 2. The largest absolute Gasteiger partial charge is 0.573 e. The number of nitrogens with zero attached hydrogens (tertiary/aromatic N) is 2. The minimum atomic E-state index is -4.80. The second kappa shape index (κ2) is 10.1. The fraction of sp³-hybridized carbons (Fsp3) is 0.273. The van der Waals surface area contributed by atoms with Gasteiger partial charge >= 0.3 is 6.36 Å². The van der Waals surface area contributed by atoms with E-state index < -0.39 is 6.36 Å². The van der Waals surface area contributed by atoms with E-state index in [1.54, 1.807) is 18.2 Å². The minimum Gasteiger partial charge on any atom is -0.406 e. The van der Waals surface area contributed by atoms with Crippen LogP contribution in [0.15, 0.2) is 42.5 Å². The first-order valence-electron chi connectivity index (χ1n) is 9.79. The number of aliphatic hydroxyl groups excluding tert-OH is 1. The maximum atomic E-state index is 12.6. The van der Waals surface area contributed by atoms with Crippen molar-refractivity contribution >= 4 is 29.1 Å². The zero-order valence-corrected chi connectivity index (χ0v) is 18.2. The van der Waals surface area contributed by atoms with Crippen LogP contribution in [0.4, 0.5) is 30.6 Å². The van der Waals surface area contributed by atoms with Crippen molar-refractivity contribution in [2.45, 2.75) is 26.6 Å². The van der Waals surface area contributed by atoms with Crippen LogP contribution in [0, 0.1) is 13.8 Å². The van der Waals surface area contributed by atoms with Crippen molar-refractivity contribution in [3.63, 3.8) is 0 Å². The van der Waals surface area contributed by atoms with E-state index in [-0.39, 0.29) is 18.3 Å². The smallest absolute Gasteiger partial charge is 0.406 e. The van der Waals surface area contributed by atoms with Gasteiger partial charge < -0.3 is 20.5 Å². The van der Waals surface area contributed by atoms with Gasteiger partial charge in [0.1, 0.15) is 11.6 Å². The number of halogens is 4. The van der Waals surface area contributed by atoms with Gasteiger partial charge in [-0.2, -0.15) is 4.98 Å². The second-order valence-corrected chi connectivity index (χ2v) is 7.44. The molecule has 3 aromatic rings. The van der Waals surface area contributed by atoms with Gasteiger partial charge in [0.25, 0.3) is 0 Å². The van der Waals surface area contributed by atoms with Gasteiger partial charge in [-0.05, 0) is 49.6 Å². The van der Waals surface area contributed by atoms with Gasteiger partial charge in [0.2, 0.25) is 5.95 Å². The Balaban J connectivity index is 2.01. The molecule has 6 nitrogen and oxygen atoms in total. The number of anilines is 3. The van der Waals surface area contributed by atoms with E-state index in [1.807, 2.05) is 19.9 Å². The number of aryl methyl sites for hydroxylation is 1. The number of nitrogens with one attached hydrogen (secondary N) is 2. The van der Waals surface area contributed by atoms with Crippen LogP contribution in [-0.2, 0) is 0 Å². The van der Waals surface area contributed by atoms with Crippen LogP contribution in [-0.4, -0.2) is 34.6 Å². The Morgan fingerprint density at radius 2 is 1.88 bits per heavy atom. The highest BCUT2D eigenvalue weighted by atomic mass is 35.5. The summed E-state index contributed by atoms with van der Waals surface area (Å²) in [5.41, 5.74) is 3.36. The Morgan fingerprint density at radius 1 is 1.09 bits per heavy atom. The van der Waals surface area contributed by atoms with E-state index in [2.05, 4.69) is 25.3 Å². The highest BCUT2D eigenvalue weighted by Crippen LogP contribution is 2.32. The van der Waals surface area contributed by atoms with E-state index in [0.29, 0.717) is 35.1 Å². The molecule has 0 aliphatic carbocycles. The van der Waals surface area contributed by atoms with Crippen molar-refractivity contribution in [3.05, 3.63) is 58.6 Å². The molecule has 0 radical (unpaired) electrons. The monoisotopic (exact) mass is 466 g/mol. The molecule has 0 bridgehead atoms. The SMILES string of the molecule is Cc1ccc(Cl)c(C)c1Nc1cc(-c2cccc(OC(F)(F)F)c2)nc(NCCCO)n1. The molecule has 0 amide bonds. The number of aromatic nitrogens is 2. The molecule has 1 heterocycles. The third-order valence-electron chi connectivity index (χ3n) is 4.57. The van der Waals surface area contributed by atoms with Crippen molar-refractivity contribution in [1.82, 2.24) is 9.97 Å². The summed E-state index contributed by atoms with van der Waals surface area (Å²) in [6.07, 6.45) is -4.31. The maximum Gasteiger partial charge on any atom is 0.573 e. The molecule has 0 aliphatic rings. The Bertz CT molecular complexity index is 1090. The molecule has 0 saturated heterocycles. The minimum absolute atomic E-state index is 0.00444. The van der Waals surface area contributed by atoms with Gasteiger partial charge in [-0.25, -0.2) is 4.98 Å². The lowest BCUT2D eigenvalue weighted by molar-refractivity contribution is -0.274. The molecule has 1 aromatic heterocycles. The normalized spacial score (nSPS) is 11.3. The molecule has 0 atom stereocenters. The summed E-state index contributed by atoms with van der Waals surface area (Å²) in [6, 6.07) is 10.9. The van der Waals surface area contributed by atoms with Crippen LogP contribution in [0.25, 0.3) is 11.3 Å². The lowest BCUT2D eigenvalue weighted by Gasteiger charge is -2.16. The van der Waals surface area contributed by atoms with Gasteiger partial charge in [0, 0.05) is 35.5 Å². The predicted molar refractivity (Wildman–Crippen MR) is 119 cm³/mol. The van der Waals surface area contributed by atoms with Gasteiger partial charge in [-0.15, -0.1) is 13.2 Å². The van der Waals surface area contributed by atoms with Crippen LogP contribution < -0.4 is 15.4 Å². The van der Waals surface area contributed by atoms with Crippen molar-refractivity contribution < 1.29 is 23.0 Å². The van der Waals surface area contributed by atoms with Crippen LogP contribution in [0.5, 0.6) is 5.75 Å². The van der Waals surface area contributed by atoms with E-state index in [4.69, 9.17) is 16.7 Å². The Kier molecular flexibility index (Phi) is 7.42. The number of aliphatic hydroxyl groups is 1.